The molecule has 0 radical (unpaired) electrons. The summed E-state index contributed by atoms with van der Waals surface area (Å²) >= 11 is 0. The Kier molecular flexibility index (Phi) is 5.67. The molecule has 21 heavy (non-hydrogen) atoms. The predicted octanol–water partition coefficient (Wildman–Crippen LogP) is 2.54. The van der Waals surface area contributed by atoms with Gasteiger partial charge < -0.3 is 19.5 Å². The molecular weight excluding hydrogens is 266 g/mol. The van der Waals surface area contributed by atoms with Gasteiger partial charge in [-0.3, -0.25) is 0 Å². The summed E-state index contributed by atoms with van der Waals surface area (Å²) in [6.45, 7) is 8.30. The van der Waals surface area contributed by atoms with Crippen LogP contribution in [0.3, 0.4) is 0 Å². The van der Waals surface area contributed by atoms with E-state index in [-0.39, 0.29) is 6.03 Å². The minimum atomic E-state index is -0.0197. The normalized spacial score (nSPS) is 17.1. The highest BCUT2D eigenvalue weighted by Gasteiger charge is 2.22. The number of nitrogens with zero attached hydrogens (tertiary/aromatic N) is 2. The Hall–Kier alpha value is -1.49. The number of rotatable bonds is 5. The van der Waals surface area contributed by atoms with Gasteiger partial charge in [0, 0.05) is 32.7 Å². The number of furan rings is 1. The van der Waals surface area contributed by atoms with E-state index in [0.717, 1.165) is 38.2 Å². The Morgan fingerprint density at radius 2 is 2.19 bits per heavy atom. The zero-order valence-corrected chi connectivity index (χ0v) is 13.3. The van der Waals surface area contributed by atoms with Crippen LogP contribution in [0.4, 0.5) is 4.79 Å². The fraction of sp³-hybridized carbons (Fsp3) is 0.688. The monoisotopic (exact) mass is 293 g/mol. The summed E-state index contributed by atoms with van der Waals surface area (Å²) in [7, 11) is 1.80. The smallest absolute Gasteiger partial charge is 0.317 e. The fourth-order valence-electron chi connectivity index (χ4n) is 2.77. The van der Waals surface area contributed by atoms with E-state index >= 15 is 0 Å². The van der Waals surface area contributed by atoms with Crippen LogP contribution in [0.2, 0.25) is 0 Å². The van der Waals surface area contributed by atoms with E-state index in [1.54, 1.807) is 18.2 Å². The Labute approximate surface area is 127 Å². The second kappa shape index (κ2) is 7.50. The first-order valence-corrected chi connectivity index (χ1v) is 7.81. The van der Waals surface area contributed by atoms with Gasteiger partial charge in [-0.1, -0.05) is 13.8 Å². The lowest BCUT2D eigenvalue weighted by molar-refractivity contribution is 0.166. The molecular formula is C16H27N3O2. The summed E-state index contributed by atoms with van der Waals surface area (Å²) in [6, 6.07) is 3.99. The maximum atomic E-state index is 12.2. The van der Waals surface area contributed by atoms with Crippen LogP contribution in [-0.2, 0) is 6.54 Å². The van der Waals surface area contributed by atoms with Crippen LogP contribution >= 0.6 is 0 Å². The van der Waals surface area contributed by atoms with Crippen LogP contribution in [0.1, 0.15) is 32.4 Å². The molecule has 2 heterocycles. The molecule has 0 bridgehead atoms. The maximum absolute atomic E-state index is 12.2. The highest BCUT2D eigenvalue weighted by Crippen LogP contribution is 2.13. The molecule has 2 rings (SSSR count). The first-order chi connectivity index (χ1) is 10.0. The number of nitrogens with one attached hydrogen (secondary N) is 1. The van der Waals surface area contributed by atoms with Crippen molar-refractivity contribution in [3.8, 4) is 0 Å². The zero-order chi connectivity index (χ0) is 15.2. The molecule has 5 heteroatoms. The Bertz CT molecular complexity index is 423. The van der Waals surface area contributed by atoms with Gasteiger partial charge in [-0.05, 0) is 30.9 Å². The van der Waals surface area contributed by atoms with Crippen molar-refractivity contribution in [2.75, 3.05) is 26.7 Å². The molecule has 118 valence electrons. The Morgan fingerprint density at radius 1 is 1.48 bits per heavy atom. The molecule has 0 saturated carbocycles. The molecule has 5 nitrogen and oxygen atoms in total. The molecule has 1 aromatic heterocycles. The van der Waals surface area contributed by atoms with Gasteiger partial charge in [0.15, 0.2) is 0 Å². The second-order valence-corrected chi connectivity index (χ2v) is 6.35. The summed E-state index contributed by atoms with van der Waals surface area (Å²) in [6.07, 6.45) is 3.70. The number of carbonyl (C=O) groups is 1. The molecule has 2 amide bonds. The van der Waals surface area contributed by atoms with E-state index in [1.807, 2.05) is 12.1 Å². The van der Waals surface area contributed by atoms with Crippen molar-refractivity contribution in [1.29, 1.82) is 0 Å². The van der Waals surface area contributed by atoms with E-state index in [1.165, 1.54) is 0 Å². The zero-order valence-electron chi connectivity index (χ0n) is 13.3. The molecule has 1 N–H and O–H groups in total. The standard InChI is InChI=1S/C16H27N3O2/c1-13(2)11-19-8-6-14(7-9-19)17-16(20)18(3)12-15-5-4-10-21-15/h4-5,10,13-14H,6-9,11-12H2,1-3H3,(H,17,20). The van der Waals surface area contributed by atoms with Gasteiger partial charge in [-0.2, -0.15) is 0 Å². The van der Waals surface area contributed by atoms with Gasteiger partial charge in [0.2, 0.25) is 0 Å². The number of hydrogen-bond donors (Lipinski definition) is 1. The molecule has 1 aliphatic rings. The molecule has 0 spiro atoms. The first-order valence-electron chi connectivity index (χ1n) is 7.81. The van der Waals surface area contributed by atoms with Crippen LogP contribution in [0.5, 0.6) is 0 Å². The average Bonchev–Trinajstić information content (AvgIpc) is 2.93. The number of carbonyl (C=O) groups excluding carboxylic acids is 1. The molecule has 0 aliphatic carbocycles. The predicted molar refractivity (Wildman–Crippen MR) is 83.0 cm³/mol. The lowest BCUT2D eigenvalue weighted by atomic mass is 10.0. The van der Waals surface area contributed by atoms with Crippen molar-refractivity contribution in [2.24, 2.45) is 5.92 Å². The highest BCUT2D eigenvalue weighted by atomic mass is 16.3. The SMILES string of the molecule is CC(C)CN1CCC(NC(=O)N(C)Cc2ccco2)CC1. The molecule has 1 fully saturated rings. The second-order valence-electron chi connectivity index (χ2n) is 6.35. The molecule has 0 unspecified atom stereocenters. The van der Waals surface area contributed by atoms with Crippen LogP contribution < -0.4 is 5.32 Å². The molecule has 1 aliphatic heterocycles. The van der Waals surface area contributed by atoms with E-state index in [2.05, 4.69) is 24.1 Å². The summed E-state index contributed by atoms with van der Waals surface area (Å²) in [4.78, 5) is 16.3. The van der Waals surface area contributed by atoms with Crippen LogP contribution in [0, 0.1) is 5.92 Å². The largest absolute Gasteiger partial charge is 0.467 e. The number of hydrogen-bond acceptors (Lipinski definition) is 3. The number of piperidine rings is 1. The van der Waals surface area contributed by atoms with Gasteiger partial charge in [-0.25, -0.2) is 4.79 Å². The summed E-state index contributed by atoms with van der Waals surface area (Å²) in [5, 5.41) is 3.12. The Balaban J connectivity index is 1.71. The van der Waals surface area contributed by atoms with Crippen LogP contribution in [0.25, 0.3) is 0 Å². The van der Waals surface area contributed by atoms with E-state index < -0.39 is 0 Å². The number of likely N-dealkylation sites (tertiary alicyclic amines) is 1. The first kappa shape index (κ1) is 15.9. The van der Waals surface area contributed by atoms with Crippen molar-refractivity contribution in [1.82, 2.24) is 15.1 Å². The quantitative estimate of drug-likeness (QED) is 0.907. The van der Waals surface area contributed by atoms with Crippen LogP contribution in [0.15, 0.2) is 22.8 Å². The van der Waals surface area contributed by atoms with E-state index in [0.29, 0.717) is 18.5 Å². The van der Waals surface area contributed by atoms with Crippen molar-refractivity contribution < 1.29 is 9.21 Å². The average molecular weight is 293 g/mol. The van der Waals surface area contributed by atoms with E-state index in [9.17, 15) is 4.79 Å². The fourth-order valence-corrected chi connectivity index (χ4v) is 2.77. The third kappa shape index (κ3) is 5.08. The van der Waals surface area contributed by atoms with Crippen LogP contribution in [-0.4, -0.2) is 48.6 Å². The topological polar surface area (TPSA) is 48.7 Å². The summed E-state index contributed by atoms with van der Waals surface area (Å²) < 4.78 is 5.27. The van der Waals surface area contributed by atoms with Crippen molar-refractivity contribution >= 4 is 6.03 Å². The lowest BCUT2D eigenvalue weighted by Crippen LogP contribution is -2.48. The molecule has 1 saturated heterocycles. The summed E-state index contributed by atoms with van der Waals surface area (Å²) in [5.74, 6) is 1.51. The maximum Gasteiger partial charge on any atom is 0.317 e. The van der Waals surface area contributed by atoms with Gasteiger partial charge in [-0.15, -0.1) is 0 Å². The highest BCUT2D eigenvalue weighted by molar-refractivity contribution is 5.74. The lowest BCUT2D eigenvalue weighted by Gasteiger charge is -2.34. The molecule has 1 aromatic rings. The van der Waals surface area contributed by atoms with Crippen molar-refractivity contribution in [2.45, 2.75) is 39.3 Å². The minimum absolute atomic E-state index is 0.0197. The molecule has 0 atom stereocenters. The Morgan fingerprint density at radius 3 is 2.76 bits per heavy atom. The van der Waals surface area contributed by atoms with Crippen molar-refractivity contribution in [3.05, 3.63) is 24.2 Å². The molecule has 0 aromatic carbocycles. The minimum Gasteiger partial charge on any atom is -0.467 e. The van der Waals surface area contributed by atoms with Gasteiger partial charge in [0.05, 0.1) is 12.8 Å². The summed E-state index contributed by atoms with van der Waals surface area (Å²) in [5.41, 5.74) is 0. The van der Waals surface area contributed by atoms with Gasteiger partial charge in [0.25, 0.3) is 0 Å². The van der Waals surface area contributed by atoms with Crippen molar-refractivity contribution in [3.63, 3.8) is 0 Å². The third-order valence-corrected chi connectivity index (χ3v) is 3.86. The van der Waals surface area contributed by atoms with Gasteiger partial charge >= 0.3 is 6.03 Å². The van der Waals surface area contributed by atoms with E-state index in [4.69, 9.17) is 4.42 Å². The van der Waals surface area contributed by atoms with Gasteiger partial charge in [0.1, 0.15) is 5.76 Å². The number of urea groups is 1. The third-order valence-electron chi connectivity index (χ3n) is 3.86. The number of amides is 2.